The van der Waals surface area contributed by atoms with Crippen molar-refractivity contribution in [3.05, 3.63) is 29.8 Å². The SMILES string of the molecule is COc1ccc(C2(C(=O)NCC(=O)N3CCCCC3)CCCC2)cc1. The van der Waals surface area contributed by atoms with Crippen LogP contribution >= 0.6 is 0 Å². The molecule has 5 heteroatoms. The number of amides is 2. The van der Waals surface area contributed by atoms with Gasteiger partial charge in [-0.3, -0.25) is 9.59 Å². The van der Waals surface area contributed by atoms with Crippen LogP contribution in [0.2, 0.25) is 0 Å². The van der Waals surface area contributed by atoms with Gasteiger partial charge in [0.15, 0.2) is 0 Å². The third-order valence-electron chi connectivity index (χ3n) is 5.64. The Kier molecular flexibility index (Phi) is 5.61. The standard InChI is InChI=1S/C20H28N2O3/c1-25-17-9-7-16(8-10-17)20(11-3-4-12-20)19(24)21-15-18(23)22-13-5-2-6-14-22/h7-10H,2-6,11-15H2,1H3,(H,21,24). The van der Waals surface area contributed by atoms with Gasteiger partial charge in [0.1, 0.15) is 5.75 Å². The van der Waals surface area contributed by atoms with E-state index in [1.807, 2.05) is 29.2 Å². The van der Waals surface area contributed by atoms with Crippen molar-refractivity contribution in [2.24, 2.45) is 0 Å². The number of hydrogen-bond acceptors (Lipinski definition) is 3. The van der Waals surface area contributed by atoms with Crippen molar-refractivity contribution < 1.29 is 14.3 Å². The predicted molar refractivity (Wildman–Crippen MR) is 96.6 cm³/mol. The minimum atomic E-state index is -0.506. The van der Waals surface area contributed by atoms with Crippen LogP contribution in [0.25, 0.3) is 0 Å². The zero-order valence-corrected chi connectivity index (χ0v) is 15.1. The van der Waals surface area contributed by atoms with Gasteiger partial charge in [0, 0.05) is 13.1 Å². The van der Waals surface area contributed by atoms with Gasteiger partial charge in [-0.15, -0.1) is 0 Å². The number of carbonyl (C=O) groups excluding carboxylic acids is 2. The maximum atomic E-state index is 13.0. The molecule has 2 fully saturated rings. The summed E-state index contributed by atoms with van der Waals surface area (Å²) in [5.41, 5.74) is 0.516. The molecule has 1 N–H and O–H groups in total. The number of nitrogens with one attached hydrogen (secondary N) is 1. The second-order valence-electron chi connectivity index (χ2n) is 7.14. The molecular weight excluding hydrogens is 316 g/mol. The second-order valence-corrected chi connectivity index (χ2v) is 7.14. The van der Waals surface area contributed by atoms with Gasteiger partial charge in [-0.1, -0.05) is 25.0 Å². The summed E-state index contributed by atoms with van der Waals surface area (Å²) in [6.07, 6.45) is 7.08. The van der Waals surface area contributed by atoms with Gasteiger partial charge in [-0.05, 0) is 49.8 Å². The molecule has 0 atom stereocenters. The van der Waals surface area contributed by atoms with Gasteiger partial charge in [-0.25, -0.2) is 0 Å². The first-order valence-corrected chi connectivity index (χ1v) is 9.36. The fourth-order valence-electron chi connectivity index (χ4n) is 4.12. The molecule has 1 saturated heterocycles. The summed E-state index contributed by atoms with van der Waals surface area (Å²) in [5, 5.41) is 2.93. The number of rotatable bonds is 5. The summed E-state index contributed by atoms with van der Waals surface area (Å²) in [7, 11) is 1.64. The van der Waals surface area contributed by atoms with Crippen molar-refractivity contribution in [3.8, 4) is 5.75 Å². The fourth-order valence-corrected chi connectivity index (χ4v) is 4.12. The Morgan fingerprint density at radius 1 is 1.04 bits per heavy atom. The van der Waals surface area contributed by atoms with Crippen molar-refractivity contribution in [1.29, 1.82) is 0 Å². The summed E-state index contributed by atoms with van der Waals surface area (Å²) >= 11 is 0. The molecule has 25 heavy (non-hydrogen) atoms. The number of likely N-dealkylation sites (tertiary alicyclic amines) is 1. The Morgan fingerprint density at radius 3 is 2.28 bits per heavy atom. The Balaban J connectivity index is 1.67. The van der Waals surface area contributed by atoms with Gasteiger partial charge in [-0.2, -0.15) is 0 Å². The second kappa shape index (κ2) is 7.89. The molecule has 1 saturated carbocycles. The quantitative estimate of drug-likeness (QED) is 0.893. The monoisotopic (exact) mass is 344 g/mol. The molecular formula is C20H28N2O3. The van der Waals surface area contributed by atoms with E-state index in [1.165, 1.54) is 6.42 Å². The molecule has 1 aromatic carbocycles. The first-order chi connectivity index (χ1) is 12.2. The first-order valence-electron chi connectivity index (χ1n) is 9.36. The lowest BCUT2D eigenvalue weighted by Gasteiger charge is -2.30. The lowest BCUT2D eigenvalue weighted by molar-refractivity contribution is -0.135. The number of carbonyl (C=O) groups is 2. The Bertz CT molecular complexity index is 600. The van der Waals surface area contributed by atoms with Crippen LogP contribution in [-0.4, -0.2) is 43.5 Å². The highest BCUT2D eigenvalue weighted by Gasteiger charge is 2.42. The van der Waals surface area contributed by atoms with Crippen molar-refractivity contribution >= 4 is 11.8 Å². The van der Waals surface area contributed by atoms with Crippen molar-refractivity contribution in [3.63, 3.8) is 0 Å². The normalized spacial score (nSPS) is 19.5. The van der Waals surface area contributed by atoms with E-state index in [2.05, 4.69) is 5.32 Å². The van der Waals surface area contributed by atoms with Crippen LogP contribution < -0.4 is 10.1 Å². The number of piperidine rings is 1. The zero-order valence-electron chi connectivity index (χ0n) is 15.1. The van der Waals surface area contributed by atoms with E-state index >= 15 is 0 Å². The van der Waals surface area contributed by atoms with Gasteiger partial charge in [0.05, 0.1) is 19.1 Å². The summed E-state index contributed by atoms with van der Waals surface area (Å²) in [6.45, 7) is 1.74. The largest absolute Gasteiger partial charge is 0.497 e. The van der Waals surface area contributed by atoms with Gasteiger partial charge in [0.2, 0.25) is 11.8 Å². The third kappa shape index (κ3) is 3.80. The summed E-state index contributed by atoms with van der Waals surface area (Å²) in [5.74, 6) is 0.814. The van der Waals surface area contributed by atoms with E-state index in [9.17, 15) is 9.59 Å². The summed E-state index contributed by atoms with van der Waals surface area (Å²) in [6, 6.07) is 7.77. The lowest BCUT2D eigenvalue weighted by atomic mass is 9.78. The average Bonchev–Trinajstić information content (AvgIpc) is 3.17. The molecule has 136 valence electrons. The third-order valence-corrected chi connectivity index (χ3v) is 5.64. The molecule has 0 bridgehead atoms. The maximum absolute atomic E-state index is 13.0. The Morgan fingerprint density at radius 2 is 1.68 bits per heavy atom. The molecule has 2 aliphatic rings. The lowest BCUT2D eigenvalue weighted by Crippen LogP contribution is -2.48. The molecule has 0 unspecified atom stereocenters. The highest BCUT2D eigenvalue weighted by atomic mass is 16.5. The van der Waals surface area contributed by atoms with Gasteiger partial charge in [0.25, 0.3) is 0 Å². The average molecular weight is 344 g/mol. The number of methoxy groups -OCH3 is 1. The Labute approximate surface area is 149 Å². The van der Waals surface area contributed by atoms with Crippen LogP contribution in [0.4, 0.5) is 0 Å². The zero-order chi connectivity index (χ0) is 17.7. The van der Waals surface area contributed by atoms with Crippen LogP contribution in [0.1, 0.15) is 50.5 Å². The summed E-state index contributed by atoms with van der Waals surface area (Å²) < 4.78 is 5.22. The van der Waals surface area contributed by atoms with Gasteiger partial charge >= 0.3 is 0 Å². The van der Waals surface area contributed by atoms with E-state index < -0.39 is 5.41 Å². The number of benzene rings is 1. The molecule has 0 spiro atoms. The minimum absolute atomic E-state index is 0.0134. The molecule has 1 aromatic rings. The molecule has 1 heterocycles. The number of hydrogen-bond donors (Lipinski definition) is 1. The minimum Gasteiger partial charge on any atom is -0.497 e. The van der Waals surface area contributed by atoms with Crippen molar-refractivity contribution in [1.82, 2.24) is 10.2 Å². The Hall–Kier alpha value is -2.04. The molecule has 3 rings (SSSR count). The molecule has 5 nitrogen and oxygen atoms in total. The summed E-state index contributed by atoms with van der Waals surface area (Å²) in [4.78, 5) is 27.2. The van der Waals surface area contributed by atoms with Gasteiger partial charge < -0.3 is 15.0 Å². The van der Waals surface area contributed by atoms with Crippen LogP contribution in [0, 0.1) is 0 Å². The molecule has 0 radical (unpaired) electrons. The van der Waals surface area contributed by atoms with Crippen molar-refractivity contribution in [2.75, 3.05) is 26.7 Å². The highest BCUT2D eigenvalue weighted by molar-refractivity contribution is 5.92. The van der Waals surface area contributed by atoms with Crippen LogP contribution in [0.3, 0.4) is 0 Å². The maximum Gasteiger partial charge on any atom is 0.241 e. The van der Waals surface area contributed by atoms with Crippen molar-refractivity contribution in [2.45, 2.75) is 50.4 Å². The molecule has 1 aliphatic heterocycles. The predicted octanol–water partition coefficient (Wildman–Crippen LogP) is 2.64. The van der Waals surface area contributed by atoms with E-state index in [1.54, 1.807) is 7.11 Å². The number of nitrogens with zero attached hydrogens (tertiary/aromatic N) is 1. The van der Waals surface area contributed by atoms with E-state index in [0.29, 0.717) is 0 Å². The van der Waals surface area contributed by atoms with Crippen LogP contribution in [-0.2, 0) is 15.0 Å². The van der Waals surface area contributed by atoms with E-state index in [4.69, 9.17) is 4.74 Å². The first kappa shape index (κ1) is 17.8. The van der Waals surface area contributed by atoms with Crippen LogP contribution in [0.15, 0.2) is 24.3 Å². The molecule has 0 aromatic heterocycles. The topological polar surface area (TPSA) is 58.6 Å². The smallest absolute Gasteiger partial charge is 0.241 e. The van der Waals surface area contributed by atoms with E-state index in [-0.39, 0.29) is 18.4 Å². The molecule has 2 amide bonds. The molecule has 1 aliphatic carbocycles. The number of ether oxygens (including phenoxy) is 1. The highest BCUT2D eigenvalue weighted by Crippen LogP contribution is 2.41. The fraction of sp³-hybridized carbons (Fsp3) is 0.600. The van der Waals surface area contributed by atoms with Crippen LogP contribution in [0.5, 0.6) is 5.75 Å². The van der Waals surface area contributed by atoms with E-state index in [0.717, 1.165) is 62.9 Å².